The van der Waals surface area contributed by atoms with E-state index in [1.54, 1.807) is 0 Å². The minimum Gasteiger partial charge on any atom is -0.306 e. The van der Waals surface area contributed by atoms with Crippen LogP contribution >= 0.6 is 0 Å². The number of nitrogens with one attached hydrogen (secondary N) is 1. The zero-order valence-electron chi connectivity index (χ0n) is 10.2. The van der Waals surface area contributed by atoms with Crippen molar-refractivity contribution in [3.05, 3.63) is 11.9 Å². The summed E-state index contributed by atoms with van der Waals surface area (Å²) >= 11 is 0. The second-order valence-corrected chi connectivity index (χ2v) is 4.04. The molecule has 15 heavy (non-hydrogen) atoms. The van der Waals surface area contributed by atoms with Gasteiger partial charge in [-0.15, -0.1) is 5.10 Å². The SMILES string of the molecule is CCC(CC)(CC)NCc1cnnn1C. The van der Waals surface area contributed by atoms with Crippen molar-refractivity contribution in [3.63, 3.8) is 0 Å². The molecule has 4 nitrogen and oxygen atoms in total. The molecular weight excluding hydrogens is 188 g/mol. The van der Waals surface area contributed by atoms with Crippen molar-refractivity contribution >= 4 is 0 Å². The third-order valence-electron chi connectivity index (χ3n) is 3.48. The topological polar surface area (TPSA) is 42.7 Å². The molecule has 0 radical (unpaired) electrons. The molecule has 86 valence electrons. The molecule has 0 saturated carbocycles. The highest BCUT2D eigenvalue weighted by Gasteiger charge is 2.22. The monoisotopic (exact) mass is 210 g/mol. The van der Waals surface area contributed by atoms with Crippen LogP contribution in [-0.2, 0) is 13.6 Å². The maximum absolute atomic E-state index is 3.92. The van der Waals surface area contributed by atoms with Gasteiger partial charge < -0.3 is 5.32 Å². The zero-order valence-corrected chi connectivity index (χ0v) is 10.2. The Kier molecular flexibility index (Phi) is 4.27. The van der Waals surface area contributed by atoms with Gasteiger partial charge in [0.25, 0.3) is 0 Å². The maximum Gasteiger partial charge on any atom is 0.0738 e. The highest BCUT2D eigenvalue weighted by molar-refractivity contribution is 4.95. The molecule has 0 aliphatic rings. The quantitative estimate of drug-likeness (QED) is 0.779. The van der Waals surface area contributed by atoms with Gasteiger partial charge in [0.15, 0.2) is 0 Å². The summed E-state index contributed by atoms with van der Waals surface area (Å²) in [6.45, 7) is 7.56. The number of rotatable bonds is 6. The van der Waals surface area contributed by atoms with E-state index in [1.165, 1.54) is 0 Å². The van der Waals surface area contributed by atoms with E-state index >= 15 is 0 Å². The van der Waals surface area contributed by atoms with E-state index in [1.807, 2.05) is 17.9 Å². The lowest BCUT2D eigenvalue weighted by atomic mass is 9.90. The average molecular weight is 210 g/mol. The van der Waals surface area contributed by atoms with Crippen LogP contribution in [-0.4, -0.2) is 20.5 Å². The zero-order chi connectivity index (χ0) is 11.3. The largest absolute Gasteiger partial charge is 0.306 e. The van der Waals surface area contributed by atoms with Crippen LogP contribution in [0.5, 0.6) is 0 Å². The fourth-order valence-electron chi connectivity index (χ4n) is 1.87. The number of aromatic nitrogens is 3. The van der Waals surface area contributed by atoms with Crippen molar-refractivity contribution in [2.75, 3.05) is 0 Å². The van der Waals surface area contributed by atoms with Crippen molar-refractivity contribution in [2.24, 2.45) is 7.05 Å². The lowest BCUT2D eigenvalue weighted by Gasteiger charge is -2.31. The minimum absolute atomic E-state index is 0.268. The van der Waals surface area contributed by atoms with Crippen molar-refractivity contribution in [3.8, 4) is 0 Å². The Labute approximate surface area is 92.1 Å². The van der Waals surface area contributed by atoms with Gasteiger partial charge in [-0.1, -0.05) is 26.0 Å². The van der Waals surface area contributed by atoms with E-state index < -0.39 is 0 Å². The summed E-state index contributed by atoms with van der Waals surface area (Å²) in [5.41, 5.74) is 1.40. The average Bonchev–Trinajstić information content (AvgIpc) is 2.67. The molecule has 1 aromatic heterocycles. The molecule has 4 heteroatoms. The van der Waals surface area contributed by atoms with Crippen LogP contribution in [0.2, 0.25) is 0 Å². The van der Waals surface area contributed by atoms with E-state index in [4.69, 9.17) is 0 Å². The van der Waals surface area contributed by atoms with Gasteiger partial charge in [0.1, 0.15) is 0 Å². The highest BCUT2D eigenvalue weighted by Crippen LogP contribution is 2.19. The van der Waals surface area contributed by atoms with Crippen molar-refractivity contribution in [2.45, 2.75) is 52.1 Å². The summed E-state index contributed by atoms with van der Waals surface area (Å²) < 4.78 is 1.82. The summed E-state index contributed by atoms with van der Waals surface area (Å²) in [6.07, 6.45) is 5.29. The summed E-state index contributed by atoms with van der Waals surface area (Å²) in [7, 11) is 1.93. The Balaban J connectivity index is 2.58. The molecule has 0 saturated heterocycles. The smallest absolute Gasteiger partial charge is 0.0738 e. The molecular formula is C11H22N4. The summed E-state index contributed by atoms with van der Waals surface area (Å²) in [4.78, 5) is 0. The summed E-state index contributed by atoms with van der Waals surface area (Å²) in [5, 5.41) is 11.4. The molecule has 0 aliphatic heterocycles. The number of nitrogens with zero attached hydrogens (tertiary/aromatic N) is 3. The Morgan fingerprint density at radius 1 is 1.27 bits per heavy atom. The van der Waals surface area contributed by atoms with Crippen molar-refractivity contribution in [1.82, 2.24) is 20.3 Å². The lowest BCUT2D eigenvalue weighted by Crippen LogP contribution is -2.43. The van der Waals surface area contributed by atoms with Gasteiger partial charge in [-0.3, -0.25) is 4.68 Å². The molecule has 0 aromatic carbocycles. The molecule has 0 spiro atoms. The standard InChI is InChI=1S/C11H22N4/c1-5-11(6-2,7-3)12-8-10-9-13-14-15(10)4/h9,12H,5-8H2,1-4H3. The number of aryl methyl sites for hydroxylation is 1. The van der Waals surface area contributed by atoms with Crippen molar-refractivity contribution in [1.29, 1.82) is 0 Å². The third-order valence-corrected chi connectivity index (χ3v) is 3.48. The first-order chi connectivity index (χ1) is 7.17. The van der Waals surface area contributed by atoms with Crippen LogP contribution in [0.3, 0.4) is 0 Å². The molecule has 0 fully saturated rings. The lowest BCUT2D eigenvalue weighted by molar-refractivity contribution is 0.285. The van der Waals surface area contributed by atoms with Gasteiger partial charge in [0.2, 0.25) is 0 Å². The first-order valence-electron chi connectivity index (χ1n) is 5.76. The molecule has 0 aliphatic carbocycles. The first-order valence-corrected chi connectivity index (χ1v) is 5.76. The molecule has 1 aromatic rings. The Morgan fingerprint density at radius 2 is 1.87 bits per heavy atom. The Bertz CT molecular complexity index is 280. The van der Waals surface area contributed by atoms with Gasteiger partial charge in [0.05, 0.1) is 11.9 Å². The van der Waals surface area contributed by atoms with Gasteiger partial charge in [-0.05, 0) is 19.3 Å². The van der Waals surface area contributed by atoms with Crippen molar-refractivity contribution < 1.29 is 0 Å². The van der Waals surface area contributed by atoms with E-state index in [0.717, 1.165) is 31.5 Å². The second-order valence-electron chi connectivity index (χ2n) is 4.04. The van der Waals surface area contributed by atoms with E-state index in [2.05, 4.69) is 36.4 Å². The predicted molar refractivity (Wildman–Crippen MR) is 61.4 cm³/mol. The Morgan fingerprint density at radius 3 is 2.27 bits per heavy atom. The molecule has 0 unspecified atom stereocenters. The maximum atomic E-state index is 3.92. The Hall–Kier alpha value is -0.900. The van der Waals surface area contributed by atoms with Crippen LogP contribution in [0, 0.1) is 0 Å². The molecule has 0 atom stereocenters. The molecule has 0 bridgehead atoms. The number of hydrogen-bond donors (Lipinski definition) is 1. The van der Waals surface area contributed by atoms with E-state index in [0.29, 0.717) is 0 Å². The summed E-state index contributed by atoms with van der Waals surface area (Å²) in [6, 6.07) is 0. The summed E-state index contributed by atoms with van der Waals surface area (Å²) in [5.74, 6) is 0. The van der Waals surface area contributed by atoms with Crippen LogP contribution in [0.4, 0.5) is 0 Å². The molecule has 0 amide bonds. The first kappa shape index (κ1) is 12.2. The molecule has 1 rings (SSSR count). The van der Waals surface area contributed by atoms with E-state index in [9.17, 15) is 0 Å². The minimum atomic E-state index is 0.268. The number of hydrogen-bond acceptors (Lipinski definition) is 3. The van der Waals surface area contributed by atoms with Gasteiger partial charge >= 0.3 is 0 Å². The van der Waals surface area contributed by atoms with Crippen LogP contribution < -0.4 is 5.32 Å². The fraction of sp³-hybridized carbons (Fsp3) is 0.818. The molecule has 1 N–H and O–H groups in total. The van der Waals surface area contributed by atoms with E-state index in [-0.39, 0.29) is 5.54 Å². The second kappa shape index (κ2) is 5.26. The highest BCUT2D eigenvalue weighted by atomic mass is 15.4. The normalized spacial score (nSPS) is 12.0. The fourth-order valence-corrected chi connectivity index (χ4v) is 1.87. The molecule has 1 heterocycles. The predicted octanol–water partition coefficient (Wildman–Crippen LogP) is 1.87. The third kappa shape index (κ3) is 2.78. The van der Waals surface area contributed by atoms with Crippen LogP contribution in [0.25, 0.3) is 0 Å². The van der Waals surface area contributed by atoms with Crippen LogP contribution in [0.1, 0.15) is 45.7 Å². The van der Waals surface area contributed by atoms with Gasteiger partial charge in [-0.25, -0.2) is 0 Å². The van der Waals surface area contributed by atoms with Gasteiger partial charge in [-0.2, -0.15) is 0 Å². The van der Waals surface area contributed by atoms with Gasteiger partial charge in [0, 0.05) is 19.1 Å². The van der Waals surface area contributed by atoms with Crippen LogP contribution in [0.15, 0.2) is 6.20 Å².